The largest absolute Gasteiger partial charge is 0.867 e. The molecule has 30 heavy (non-hydrogen) atoms. The summed E-state index contributed by atoms with van der Waals surface area (Å²) in [5.41, 5.74) is 4.43. The lowest BCUT2D eigenvalue weighted by Gasteiger charge is -2.18. The highest BCUT2D eigenvalue weighted by Gasteiger charge is 2.20. The lowest BCUT2D eigenvalue weighted by molar-refractivity contribution is -0.578. The van der Waals surface area contributed by atoms with E-state index in [1.807, 2.05) is 57.3 Å². The van der Waals surface area contributed by atoms with E-state index in [4.69, 9.17) is 12.2 Å². The van der Waals surface area contributed by atoms with Gasteiger partial charge in [0.2, 0.25) is 5.70 Å². The number of aromatic nitrogens is 1. The van der Waals surface area contributed by atoms with Crippen molar-refractivity contribution in [1.29, 1.82) is 0 Å². The number of aryl methyl sites for hydroxylation is 2. The summed E-state index contributed by atoms with van der Waals surface area (Å²) in [5, 5.41) is 27.5. The highest BCUT2D eigenvalue weighted by molar-refractivity contribution is 7.81. The lowest BCUT2D eigenvalue weighted by Crippen LogP contribution is -2.40. The van der Waals surface area contributed by atoms with Gasteiger partial charge in [-0.1, -0.05) is 24.4 Å². The van der Waals surface area contributed by atoms with Gasteiger partial charge < -0.3 is 10.4 Å². The molecule has 0 aliphatic carbocycles. The molecule has 3 aromatic rings. The number of non-ortho nitro benzene ring substituents is 1. The van der Waals surface area contributed by atoms with Gasteiger partial charge in [0.05, 0.1) is 4.92 Å². The van der Waals surface area contributed by atoms with Gasteiger partial charge in [-0.3, -0.25) is 10.1 Å². The summed E-state index contributed by atoms with van der Waals surface area (Å²) in [5.74, 6) is -0.330. The average molecular weight is 420 g/mol. The first kappa shape index (κ1) is 21.1. The molecule has 0 radical (unpaired) electrons. The van der Waals surface area contributed by atoms with E-state index in [-0.39, 0.29) is 22.1 Å². The van der Waals surface area contributed by atoms with Crippen molar-refractivity contribution in [2.45, 2.75) is 20.8 Å². The first-order valence-corrected chi connectivity index (χ1v) is 9.70. The molecular weight excluding hydrogens is 398 g/mol. The van der Waals surface area contributed by atoms with Crippen LogP contribution in [0.4, 0.5) is 11.4 Å². The number of hydrogen-bond donors (Lipinski definition) is 1. The summed E-state index contributed by atoms with van der Waals surface area (Å²) in [6.45, 7) is 5.91. The van der Waals surface area contributed by atoms with Gasteiger partial charge in [0, 0.05) is 29.4 Å². The van der Waals surface area contributed by atoms with Crippen molar-refractivity contribution in [3.63, 3.8) is 0 Å². The maximum Gasteiger partial charge on any atom is 0.269 e. The number of nitro benzene ring substituents is 1. The number of rotatable bonds is 5. The van der Waals surface area contributed by atoms with Gasteiger partial charge in [0.1, 0.15) is 0 Å². The Labute approximate surface area is 180 Å². The van der Waals surface area contributed by atoms with Gasteiger partial charge in [-0.05, 0) is 67.5 Å². The molecule has 152 valence electrons. The number of nitrogens with zero attached hydrogens (tertiary/aromatic N) is 2. The Morgan fingerprint density at radius 1 is 1.03 bits per heavy atom. The Balaban J connectivity index is 2.10. The molecule has 1 N–H and O–H groups in total. The minimum Gasteiger partial charge on any atom is -0.867 e. The van der Waals surface area contributed by atoms with E-state index in [0.717, 1.165) is 22.4 Å². The van der Waals surface area contributed by atoms with Crippen LogP contribution in [-0.4, -0.2) is 9.91 Å². The molecular formula is C23H21N3O3S. The van der Waals surface area contributed by atoms with Crippen molar-refractivity contribution in [1.82, 2.24) is 0 Å². The molecule has 1 heterocycles. The van der Waals surface area contributed by atoms with Gasteiger partial charge in [0.15, 0.2) is 17.4 Å². The summed E-state index contributed by atoms with van der Waals surface area (Å²) in [6.07, 6.45) is 3.57. The molecule has 0 saturated heterocycles. The first-order chi connectivity index (χ1) is 14.3. The predicted molar refractivity (Wildman–Crippen MR) is 120 cm³/mol. The molecule has 3 rings (SSSR count). The number of anilines is 1. The molecule has 0 aliphatic heterocycles. The second kappa shape index (κ2) is 8.84. The van der Waals surface area contributed by atoms with Crippen LogP contribution in [0.3, 0.4) is 0 Å². The number of nitrogens with one attached hydrogen (secondary N) is 1. The third-order valence-corrected chi connectivity index (χ3v) is 5.13. The van der Waals surface area contributed by atoms with Gasteiger partial charge in [-0.15, -0.1) is 0 Å². The fourth-order valence-corrected chi connectivity index (χ4v) is 3.32. The maximum absolute atomic E-state index is 13.4. The Kier molecular flexibility index (Phi) is 6.23. The van der Waals surface area contributed by atoms with Gasteiger partial charge in [-0.2, -0.15) is 4.57 Å². The minimum absolute atomic E-state index is 0.0765. The van der Waals surface area contributed by atoms with Crippen LogP contribution in [0.1, 0.15) is 22.3 Å². The average Bonchev–Trinajstić information content (AvgIpc) is 2.71. The van der Waals surface area contributed by atoms with Crippen LogP contribution < -0.4 is 15.0 Å². The van der Waals surface area contributed by atoms with Crippen LogP contribution in [-0.2, 0) is 0 Å². The van der Waals surface area contributed by atoms with Crippen LogP contribution in [0.5, 0.6) is 0 Å². The second-order valence-electron chi connectivity index (χ2n) is 6.97. The van der Waals surface area contributed by atoms with E-state index >= 15 is 0 Å². The van der Waals surface area contributed by atoms with E-state index in [2.05, 4.69) is 5.32 Å². The molecule has 0 saturated carbocycles. The maximum atomic E-state index is 13.4. The molecule has 0 spiro atoms. The molecule has 0 fully saturated rings. The zero-order valence-electron chi connectivity index (χ0n) is 16.9. The summed E-state index contributed by atoms with van der Waals surface area (Å²) < 4.78 is 1.68. The van der Waals surface area contributed by atoms with E-state index in [1.165, 1.54) is 24.3 Å². The summed E-state index contributed by atoms with van der Waals surface area (Å²) >= 11 is 5.63. The SMILES string of the molecule is Cc1ccc[n+](C(C(=S)Nc2cccc(C)c2C)=C([O-])c2ccc([N+](=O)[O-])cc2)c1. The molecule has 6 nitrogen and oxygen atoms in total. The standard InChI is InChI=1S/C23H21N3O3S/c1-15-6-5-13-25(14-15)21(22(27)18-9-11-19(12-10-18)26(28)29)23(30)24-20-8-4-7-16(2)17(20)3/h4-14H,1-3H3,(H-,24,27,30). The zero-order valence-corrected chi connectivity index (χ0v) is 17.7. The molecule has 0 aliphatic rings. The van der Waals surface area contributed by atoms with Crippen molar-refractivity contribution in [2.24, 2.45) is 0 Å². The Morgan fingerprint density at radius 3 is 2.37 bits per heavy atom. The van der Waals surface area contributed by atoms with Crippen LogP contribution in [0.2, 0.25) is 0 Å². The second-order valence-corrected chi connectivity index (χ2v) is 7.38. The van der Waals surface area contributed by atoms with Crippen molar-refractivity contribution in [3.8, 4) is 0 Å². The van der Waals surface area contributed by atoms with E-state index in [0.29, 0.717) is 5.56 Å². The number of benzene rings is 2. The van der Waals surface area contributed by atoms with Gasteiger partial charge >= 0.3 is 0 Å². The zero-order chi connectivity index (χ0) is 21.8. The van der Waals surface area contributed by atoms with Gasteiger partial charge in [0.25, 0.3) is 5.69 Å². The number of thiocarbonyl (C=S) groups is 1. The lowest BCUT2D eigenvalue weighted by atomic mass is 10.1. The third kappa shape index (κ3) is 4.52. The Hall–Kier alpha value is -3.58. The molecule has 0 atom stereocenters. The monoisotopic (exact) mass is 419 g/mol. The Morgan fingerprint density at radius 2 is 1.73 bits per heavy atom. The van der Waals surface area contributed by atoms with Gasteiger partial charge in [-0.25, -0.2) is 0 Å². The molecule has 2 aromatic carbocycles. The van der Waals surface area contributed by atoms with E-state index < -0.39 is 4.92 Å². The normalized spacial score (nSPS) is 11.6. The summed E-state index contributed by atoms with van der Waals surface area (Å²) in [6, 6.07) is 15.1. The molecule has 0 unspecified atom stereocenters. The number of hydrogen-bond acceptors (Lipinski definition) is 4. The van der Waals surface area contributed by atoms with Crippen LogP contribution >= 0.6 is 12.2 Å². The van der Waals surface area contributed by atoms with E-state index in [9.17, 15) is 15.2 Å². The van der Waals surface area contributed by atoms with Crippen LogP contribution in [0.25, 0.3) is 11.5 Å². The van der Waals surface area contributed by atoms with Crippen molar-refractivity contribution in [2.75, 3.05) is 5.32 Å². The molecule has 1 aromatic heterocycles. The number of pyridine rings is 1. The molecule has 0 bridgehead atoms. The minimum atomic E-state index is -0.499. The first-order valence-electron chi connectivity index (χ1n) is 9.30. The quantitative estimate of drug-likeness (QED) is 0.169. The predicted octanol–water partition coefficient (Wildman–Crippen LogP) is 3.93. The fourth-order valence-electron chi connectivity index (χ4n) is 3.01. The summed E-state index contributed by atoms with van der Waals surface area (Å²) in [4.78, 5) is 10.7. The van der Waals surface area contributed by atoms with Crippen molar-refractivity contribution in [3.05, 3.63) is 99.4 Å². The van der Waals surface area contributed by atoms with Crippen LogP contribution in [0.15, 0.2) is 67.0 Å². The topological polar surface area (TPSA) is 82.1 Å². The third-order valence-electron chi connectivity index (χ3n) is 4.83. The molecule has 0 amide bonds. The fraction of sp³-hybridized carbons (Fsp3) is 0.130. The van der Waals surface area contributed by atoms with Crippen LogP contribution in [0, 0.1) is 30.9 Å². The van der Waals surface area contributed by atoms with Crippen molar-refractivity contribution >= 4 is 40.0 Å². The highest BCUT2D eigenvalue weighted by Crippen LogP contribution is 2.22. The molecule has 7 heteroatoms. The highest BCUT2D eigenvalue weighted by atomic mass is 32.1. The summed E-state index contributed by atoms with van der Waals surface area (Å²) in [7, 11) is 0. The van der Waals surface area contributed by atoms with Crippen molar-refractivity contribution < 1.29 is 14.6 Å². The smallest absolute Gasteiger partial charge is 0.269 e. The number of nitro groups is 1. The van der Waals surface area contributed by atoms with E-state index in [1.54, 1.807) is 10.8 Å². The Bertz CT molecular complexity index is 1150.